The van der Waals surface area contributed by atoms with Crippen LogP contribution in [0.15, 0.2) is 48.5 Å². The van der Waals surface area contributed by atoms with Gasteiger partial charge in [0.15, 0.2) is 6.29 Å². The smallest absolute Gasteiger partial charge is 0.337 e. The first-order valence-electron chi connectivity index (χ1n) is 9.21. The number of hydrogen-bond acceptors (Lipinski definition) is 4. The fourth-order valence-electron chi connectivity index (χ4n) is 4.65. The molecule has 0 aliphatic heterocycles. The van der Waals surface area contributed by atoms with Crippen LogP contribution in [0.25, 0.3) is 43.1 Å². The lowest BCUT2D eigenvalue weighted by Crippen LogP contribution is -2.15. The Morgan fingerprint density at radius 3 is 1.81 bits per heavy atom. The van der Waals surface area contributed by atoms with E-state index in [2.05, 4.69) is 0 Å². The van der Waals surface area contributed by atoms with Gasteiger partial charge in [-0.3, -0.25) is 4.79 Å². The number of carbonyl (C=O) groups is 4. The van der Waals surface area contributed by atoms with Crippen molar-refractivity contribution in [3.05, 3.63) is 70.8 Å². The summed E-state index contributed by atoms with van der Waals surface area (Å²) in [5, 5.41) is 33.2. The Kier molecular flexibility index (Phi) is 3.72. The summed E-state index contributed by atoms with van der Waals surface area (Å²) in [5.74, 6) is -4.64. The van der Waals surface area contributed by atoms with Gasteiger partial charge >= 0.3 is 17.9 Å². The van der Waals surface area contributed by atoms with Gasteiger partial charge in [-0.15, -0.1) is 0 Å². The molecule has 0 aliphatic rings. The zero-order chi connectivity index (χ0) is 22.0. The SMILES string of the molecule is O=Cc1c(C(=O)O)c(C(=O)O)c2c(C(=O)O)ccc3c4cccc5cccc(c1c23)c54. The fourth-order valence-corrected chi connectivity index (χ4v) is 4.65. The first-order chi connectivity index (χ1) is 14.9. The van der Waals surface area contributed by atoms with E-state index in [4.69, 9.17) is 0 Å². The maximum Gasteiger partial charge on any atom is 0.337 e. The number of benzene rings is 5. The van der Waals surface area contributed by atoms with E-state index in [0.717, 1.165) is 16.2 Å². The highest BCUT2D eigenvalue weighted by atomic mass is 16.4. The van der Waals surface area contributed by atoms with Crippen LogP contribution in [0, 0.1) is 0 Å². The van der Waals surface area contributed by atoms with Crippen LogP contribution in [0.4, 0.5) is 0 Å². The molecule has 0 amide bonds. The van der Waals surface area contributed by atoms with Gasteiger partial charge in [0.1, 0.15) is 0 Å². The van der Waals surface area contributed by atoms with Gasteiger partial charge in [0, 0.05) is 16.3 Å². The average Bonchev–Trinajstić information content (AvgIpc) is 2.75. The molecule has 5 aromatic rings. The minimum atomic E-state index is -1.62. The first kappa shape index (κ1) is 18.5. The van der Waals surface area contributed by atoms with Crippen molar-refractivity contribution in [1.29, 1.82) is 0 Å². The van der Waals surface area contributed by atoms with Crippen LogP contribution in [-0.2, 0) is 0 Å². The maximum atomic E-state index is 12.2. The van der Waals surface area contributed by atoms with Gasteiger partial charge in [-0.05, 0) is 38.4 Å². The highest BCUT2D eigenvalue weighted by Crippen LogP contribution is 2.44. The third-order valence-electron chi connectivity index (χ3n) is 5.73. The lowest BCUT2D eigenvalue weighted by atomic mass is 9.82. The van der Waals surface area contributed by atoms with Crippen LogP contribution in [0.2, 0.25) is 0 Å². The lowest BCUT2D eigenvalue weighted by Gasteiger charge is -2.20. The van der Waals surface area contributed by atoms with Crippen LogP contribution in [0.5, 0.6) is 0 Å². The van der Waals surface area contributed by atoms with Crippen molar-refractivity contribution in [2.24, 2.45) is 0 Å². The quantitative estimate of drug-likeness (QED) is 0.223. The Bertz CT molecular complexity index is 1620. The molecule has 7 heteroatoms. The zero-order valence-corrected chi connectivity index (χ0v) is 15.7. The van der Waals surface area contributed by atoms with Gasteiger partial charge in [-0.25, -0.2) is 14.4 Å². The summed E-state index contributed by atoms with van der Waals surface area (Å²) in [5.41, 5.74) is -2.06. The minimum Gasteiger partial charge on any atom is -0.478 e. The zero-order valence-electron chi connectivity index (χ0n) is 15.7. The molecule has 0 fully saturated rings. The average molecular weight is 412 g/mol. The monoisotopic (exact) mass is 412 g/mol. The molecule has 5 rings (SSSR count). The van der Waals surface area contributed by atoms with Crippen LogP contribution < -0.4 is 0 Å². The summed E-state index contributed by atoms with van der Waals surface area (Å²) >= 11 is 0. The molecule has 7 nitrogen and oxygen atoms in total. The van der Waals surface area contributed by atoms with Crippen molar-refractivity contribution in [2.45, 2.75) is 0 Å². The standard InChI is InChI=1S/C24H12O7/c25-9-15-17-13-6-2-4-10-3-1-5-11(16(10)13)12-7-8-14(22(26)27)19(18(12)17)21(24(30)31)20(15)23(28)29/h1-9H,(H,26,27)(H,28,29)(H,30,31). The third kappa shape index (κ3) is 2.28. The number of fused-ring (bicyclic) bond motifs is 2. The van der Waals surface area contributed by atoms with Crippen molar-refractivity contribution in [1.82, 2.24) is 0 Å². The van der Waals surface area contributed by atoms with E-state index in [1.165, 1.54) is 6.07 Å². The van der Waals surface area contributed by atoms with E-state index >= 15 is 0 Å². The van der Waals surface area contributed by atoms with Gasteiger partial charge in [-0.2, -0.15) is 0 Å². The van der Waals surface area contributed by atoms with Crippen molar-refractivity contribution >= 4 is 67.3 Å². The molecular weight excluding hydrogens is 400 g/mol. The molecule has 150 valence electrons. The lowest BCUT2D eigenvalue weighted by molar-refractivity contribution is 0.0651. The van der Waals surface area contributed by atoms with E-state index in [9.17, 15) is 34.5 Å². The predicted molar refractivity (Wildman–Crippen MR) is 114 cm³/mol. The molecule has 0 aromatic heterocycles. The number of hydrogen-bond donors (Lipinski definition) is 3. The number of carboxylic acid groups (broad SMARTS) is 3. The fraction of sp³-hybridized carbons (Fsp3) is 0. The molecule has 5 aromatic carbocycles. The minimum absolute atomic E-state index is 0.206. The van der Waals surface area contributed by atoms with E-state index < -0.39 is 29.0 Å². The second-order valence-corrected chi connectivity index (χ2v) is 7.19. The predicted octanol–water partition coefficient (Wildman–Crippen LogP) is 4.64. The molecule has 0 atom stereocenters. The Hall–Kier alpha value is -4.52. The topological polar surface area (TPSA) is 129 Å². The summed E-state index contributed by atoms with van der Waals surface area (Å²) in [4.78, 5) is 48.4. The summed E-state index contributed by atoms with van der Waals surface area (Å²) in [6, 6.07) is 13.7. The summed E-state index contributed by atoms with van der Waals surface area (Å²) in [7, 11) is 0. The molecule has 3 N–H and O–H groups in total. The molecule has 0 saturated carbocycles. The molecule has 0 aliphatic carbocycles. The molecule has 0 radical (unpaired) electrons. The van der Waals surface area contributed by atoms with Gasteiger partial charge in [0.2, 0.25) is 0 Å². The number of carbonyl (C=O) groups excluding carboxylic acids is 1. The van der Waals surface area contributed by atoms with Crippen molar-refractivity contribution in [2.75, 3.05) is 0 Å². The maximum absolute atomic E-state index is 12.2. The number of aromatic carboxylic acids is 3. The summed E-state index contributed by atoms with van der Waals surface area (Å²) < 4.78 is 0. The van der Waals surface area contributed by atoms with E-state index in [1.807, 2.05) is 24.3 Å². The molecule has 0 spiro atoms. The Balaban J connectivity index is 2.31. The summed E-state index contributed by atoms with van der Waals surface area (Å²) in [6.45, 7) is 0. The highest BCUT2D eigenvalue weighted by molar-refractivity contribution is 6.39. The highest BCUT2D eigenvalue weighted by Gasteiger charge is 2.31. The first-order valence-corrected chi connectivity index (χ1v) is 9.21. The molecule has 0 heterocycles. The molecule has 31 heavy (non-hydrogen) atoms. The van der Waals surface area contributed by atoms with Crippen LogP contribution >= 0.6 is 0 Å². The number of aldehydes is 1. The second-order valence-electron chi connectivity index (χ2n) is 7.19. The van der Waals surface area contributed by atoms with Crippen LogP contribution in [0.1, 0.15) is 41.4 Å². The van der Waals surface area contributed by atoms with Gasteiger partial charge < -0.3 is 15.3 Å². The van der Waals surface area contributed by atoms with Gasteiger partial charge in [0.05, 0.1) is 16.7 Å². The Morgan fingerprint density at radius 1 is 0.613 bits per heavy atom. The van der Waals surface area contributed by atoms with E-state index in [-0.39, 0.29) is 27.3 Å². The molecule has 0 saturated heterocycles. The van der Waals surface area contributed by atoms with E-state index in [1.54, 1.807) is 18.2 Å². The summed E-state index contributed by atoms with van der Waals surface area (Å²) in [6.07, 6.45) is 0.328. The molecule has 0 unspecified atom stereocenters. The Morgan fingerprint density at radius 2 is 1.23 bits per heavy atom. The second kappa shape index (κ2) is 6.24. The third-order valence-corrected chi connectivity index (χ3v) is 5.73. The normalized spacial score (nSPS) is 11.5. The number of carboxylic acids is 3. The van der Waals surface area contributed by atoms with Crippen molar-refractivity contribution in [3.8, 4) is 0 Å². The van der Waals surface area contributed by atoms with Crippen molar-refractivity contribution < 1.29 is 34.5 Å². The van der Waals surface area contributed by atoms with Crippen LogP contribution in [0.3, 0.4) is 0 Å². The molecular formula is C24H12O7. The Labute approximate surface area is 173 Å². The van der Waals surface area contributed by atoms with Crippen molar-refractivity contribution in [3.63, 3.8) is 0 Å². The van der Waals surface area contributed by atoms with Gasteiger partial charge in [0.25, 0.3) is 0 Å². The number of rotatable bonds is 4. The van der Waals surface area contributed by atoms with Gasteiger partial charge in [-0.1, -0.05) is 42.5 Å². The largest absolute Gasteiger partial charge is 0.478 e. The molecule has 0 bridgehead atoms. The van der Waals surface area contributed by atoms with Crippen LogP contribution in [-0.4, -0.2) is 39.5 Å². The van der Waals surface area contributed by atoms with E-state index in [0.29, 0.717) is 17.1 Å².